The van der Waals surface area contributed by atoms with E-state index in [0.29, 0.717) is 16.0 Å². The van der Waals surface area contributed by atoms with Crippen LogP contribution in [0.25, 0.3) is 0 Å². The standard InChI is InChI=1S/C13H11BrN4O3/c1-15-12-6-8(11(7-16-12)18(20)21)13(19)17-10-5-3-2-4-9(10)14/h2-7H,1H3,(H,15,16)(H,17,19). The van der Waals surface area contributed by atoms with Gasteiger partial charge < -0.3 is 10.6 Å². The second-order valence-corrected chi connectivity index (χ2v) is 4.88. The van der Waals surface area contributed by atoms with Crippen molar-refractivity contribution in [3.05, 3.63) is 56.7 Å². The number of aromatic nitrogens is 1. The maximum Gasteiger partial charge on any atom is 0.300 e. The van der Waals surface area contributed by atoms with Gasteiger partial charge in [0.05, 0.1) is 10.6 Å². The van der Waals surface area contributed by atoms with Crippen molar-refractivity contribution in [2.45, 2.75) is 0 Å². The molecule has 8 heteroatoms. The Hall–Kier alpha value is -2.48. The highest BCUT2D eigenvalue weighted by atomic mass is 79.9. The Kier molecular flexibility index (Phi) is 4.49. The number of anilines is 2. The number of para-hydroxylation sites is 1. The fourth-order valence-corrected chi connectivity index (χ4v) is 2.05. The van der Waals surface area contributed by atoms with Crippen molar-refractivity contribution in [2.24, 2.45) is 0 Å². The summed E-state index contributed by atoms with van der Waals surface area (Å²) in [6.45, 7) is 0. The molecule has 1 aromatic carbocycles. The molecule has 2 rings (SSSR count). The van der Waals surface area contributed by atoms with Gasteiger partial charge in [0.2, 0.25) is 0 Å². The number of pyridine rings is 1. The maximum atomic E-state index is 12.3. The lowest BCUT2D eigenvalue weighted by molar-refractivity contribution is -0.385. The number of nitro groups is 1. The number of nitrogens with zero attached hydrogens (tertiary/aromatic N) is 2. The number of amides is 1. The molecule has 7 nitrogen and oxygen atoms in total. The number of halogens is 1. The van der Waals surface area contributed by atoms with Crippen molar-refractivity contribution < 1.29 is 9.72 Å². The molecule has 0 radical (unpaired) electrons. The van der Waals surface area contributed by atoms with Crippen LogP contribution >= 0.6 is 15.9 Å². The maximum absolute atomic E-state index is 12.3. The predicted molar refractivity (Wildman–Crippen MR) is 82.5 cm³/mol. The third kappa shape index (κ3) is 3.34. The molecule has 108 valence electrons. The van der Waals surface area contributed by atoms with E-state index in [0.717, 1.165) is 6.20 Å². The molecule has 0 aliphatic rings. The minimum Gasteiger partial charge on any atom is -0.373 e. The van der Waals surface area contributed by atoms with Gasteiger partial charge in [-0.05, 0) is 28.1 Å². The summed E-state index contributed by atoms with van der Waals surface area (Å²) in [5.74, 6) is -0.203. The summed E-state index contributed by atoms with van der Waals surface area (Å²) in [5.41, 5.74) is 0.119. The largest absolute Gasteiger partial charge is 0.373 e. The molecule has 0 spiro atoms. The monoisotopic (exact) mass is 350 g/mol. The van der Waals surface area contributed by atoms with Crippen LogP contribution < -0.4 is 10.6 Å². The first-order valence-electron chi connectivity index (χ1n) is 5.91. The molecule has 0 atom stereocenters. The Morgan fingerprint density at radius 3 is 2.71 bits per heavy atom. The molecule has 0 aliphatic heterocycles. The molecule has 0 unspecified atom stereocenters. The van der Waals surface area contributed by atoms with Gasteiger partial charge in [-0.2, -0.15) is 0 Å². The average molecular weight is 351 g/mol. The normalized spacial score (nSPS) is 10.0. The molecule has 2 N–H and O–H groups in total. The zero-order valence-electron chi connectivity index (χ0n) is 11.0. The Bertz CT molecular complexity index is 706. The first-order chi connectivity index (χ1) is 10.0. The molecular weight excluding hydrogens is 340 g/mol. The van der Waals surface area contributed by atoms with E-state index in [1.807, 2.05) is 0 Å². The van der Waals surface area contributed by atoms with E-state index in [9.17, 15) is 14.9 Å². The summed E-state index contributed by atoms with van der Waals surface area (Å²) < 4.78 is 0.684. The van der Waals surface area contributed by atoms with Crippen LogP contribution in [-0.4, -0.2) is 22.9 Å². The van der Waals surface area contributed by atoms with Crippen LogP contribution in [0.4, 0.5) is 17.2 Å². The molecule has 1 heterocycles. The van der Waals surface area contributed by atoms with Crippen molar-refractivity contribution in [3.63, 3.8) is 0 Å². The minimum absolute atomic E-state index is 0.0601. The molecular formula is C13H11BrN4O3. The van der Waals surface area contributed by atoms with Gasteiger partial charge >= 0.3 is 0 Å². The lowest BCUT2D eigenvalue weighted by Gasteiger charge is -2.08. The lowest BCUT2D eigenvalue weighted by atomic mass is 10.2. The predicted octanol–water partition coefficient (Wildman–Crippen LogP) is 3.05. The van der Waals surface area contributed by atoms with Crippen molar-refractivity contribution in [1.29, 1.82) is 0 Å². The quantitative estimate of drug-likeness (QED) is 0.652. The molecule has 0 saturated carbocycles. The van der Waals surface area contributed by atoms with Gasteiger partial charge in [0.25, 0.3) is 11.6 Å². The first kappa shape index (κ1) is 14.9. The first-order valence-corrected chi connectivity index (χ1v) is 6.70. The highest BCUT2D eigenvalue weighted by molar-refractivity contribution is 9.10. The van der Waals surface area contributed by atoms with E-state index in [1.165, 1.54) is 6.07 Å². The number of hydrogen-bond donors (Lipinski definition) is 2. The molecule has 0 aliphatic carbocycles. The van der Waals surface area contributed by atoms with Gasteiger partial charge in [-0.25, -0.2) is 4.98 Å². The second-order valence-electron chi connectivity index (χ2n) is 4.03. The van der Waals surface area contributed by atoms with E-state index in [1.54, 1.807) is 31.3 Å². The highest BCUT2D eigenvalue weighted by Crippen LogP contribution is 2.25. The summed E-state index contributed by atoms with van der Waals surface area (Å²) in [5, 5.41) is 16.4. The van der Waals surface area contributed by atoms with Crippen LogP contribution in [0, 0.1) is 10.1 Å². The fourth-order valence-electron chi connectivity index (χ4n) is 1.66. The molecule has 2 aromatic rings. The van der Waals surface area contributed by atoms with Gasteiger partial charge in [0, 0.05) is 17.6 Å². The van der Waals surface area contributed by atoms with E-state index < -0.39 is 10.8 Å². The van der Waals surface area contributed by atoms with Crippen molar-refractivity contribution >= 4 is 39.0 Å². The minimum atomic E-state index is -0.638. The van der Waals surface area contributed by atoms with Crippen molar-refractivity contribution in [2.75, 3.05) is 17.7 Å². The number of hydrogen-bond acceptors (Lipinski definition) is 5. The average Bonchev–Trinajstić information content (AvgIpc) is 2.48. The Morgan fingerprint density at radius 1 is 1.38 bits per heavy atom. The summed E-state index contributed by atoms with van der Waals surface area (Å²) in [4.78, 5) is 26.5. The topological polar surface area (TPSA) is 97.2 Å². The summed E-state index contributed by atoms with van der Waals surface area (Å²) >= 11 is 3.30. The number of nitrogens with one attached hydrogen (secondary N) is 2. The van der Waals surface area contributed by atoms with E-state index in [-0.39, 0.29) is 11.3 Å². The Morgan fingerprint density at radius 2 is 2.10 bits per heavy atom. The second kappa shape index (κ2) is 6.31. The number of carbonyl (C=O) groups is 1. The van der Waals surface area contributed by atoms with E-state index in [2.05, 4.69) is 31.5 Å². The van der Waals surface area contributed by atoms with E-state index in [4.69, 9.17) is 0 Å². The third-order valence-corrected chi connectivity index (χ3v) is 3.39. The Balaban J connectivity index is 2.38. The van der Waals surface area contributed by atoms with Crippen LogP contribution in [0.1, 0.15) is 10.4 Å². The molecule has 0 saturated heterocycles. The van der Waals surface area contributed by atoms with Crippen LogP contribution in [0.2, 0.25) is 0 Å². The summed E-state index contributed by atoms with van der Waals surface area (Å²) in [6.07, 6.45) is 1.06. The van der Waals surface area contributed by atoms with E-state index >= 15 is 0 Å². The smallest absolute Gasteiger partial charge is 0.300 e. The van der Waals surface area contributed by atoms with Gasteiger partial charge in [-0.3, -0.25) is 14.9 Å². The molecule has 21 heavy (non-hydrogen) atoms. The van der Waals surface area contributed by atoms with Gasteiger partial charge in [0.15, 0.2) is 0 Å². The van der Waals surface area contributed by atoms with Gasteiger partial charge in [0.1, 0.15) is 17.6 Å². The number of carbonyl (C=O) groups excluding carboxylic acids is 1. The van der Waals surface area contributed by atoms with Gasteiger partial charge in [-0.15, -0.1) is 0 Å². The molecule has 1 amide bonds. The third-order valence-electron chi connectivity index (χ3n) is 2.70. The van der Waals surface area contributed by atoms with Crippen LogP contribution in [-0.2, 0) is 0 Å². The number of rotatable bonds is 4. The van der Waals surface area contributed by atoms with Crippen molar-refractivity contribution in [1.82, 2.24) is 4.98 Å². The Labute approximate surface area is 128 Å². The zero-order valence-corrected chi connectivity index (χ0v) is 12.5. The van der Waals surface area contributed by atoms with Crippen LogP contribution in [0.5, 0.6) is 0 Å². The van der Waals surface area contributed by atoms with Gasteiger partial charge in [-0.1, -0.05) is 12.1 Å². The summed E-state index contributed by atoms with van der Waals surface area (Å²) in [6, 6.07) is 8.34. The zero-order chi connectivity index (χ0) is 15.4. The van der Waals surface area contributed by atoms with Crippen LogP contribution in [0.15, 0.2) is 41.0 Å². The van der Waals surface area contributed by atoms with Crippen molar-refractivity contribution in [3.8, 4) is 0 Å². The highest BCUT2D eigenvalue weighted by Gasteiger charge is 2.22. The lowest BCUT2D eigenvalue weighted by Crippen LogP contribution is -2.15. The fraction of sp³-hybridized carbons (Fsp3) is 0.0769. The molecule has 0 bridgehead atoms. The number of benzene rings is 1. The van der Waals surface area contributed by atoms with Crippen LogP contribution in [0.3, 0.4) is 0 Å². The SMILES string of the molecule is CNc1cc(C(=O)Nc2ccccc2Br)c([N+](=O)[O-])cn1. The molecule has 0 fully saturated rings. The summed E-state index contributed by atoms with van der Waals surface area (Å²) in [7, 11) is 1.61. The molecule has 1 aromatic heterocycles.